The molecule has 1 N–H and O–H groups in total. The van der Waals surface area contributed by atoms with E-state index in [2.05, 4.69) is 0 Å². The van der Waals surface area contributed by atoms with Crippen molar-refractivity contribution < 1.29 is 13.2 Å². The molecule has 2 nitrogen and oxygen atoms in total. The Morgan fingerprint density at radius 3 is 2.36 bits per heavy atom. The minimum Gasteiger partial charge on any atom is -0.201 e. The lowest BCUT2D eigenvalue weighted by molar-refractivity contribution is 0.502. The minimum atomic E-state index is -3.69. The standard InChI is InChI=1S/C6H4ClFO2S/c7-11(9,10)6-4-2-1-3-5(6)8/h1-4H/p+1. The van der Waals surface area contributed by atoms with E-state index in [1.54, 1.807) is 0 Å². The second kappa shape index (κ2) is 2.89. The molecule has 0 aliphatic rings. The number of hydrogen-bond donors (Lipinski definition) is 1. The average Bonchev–Trinajstić information content (AvgIpc) is 1.86. The van der Waals surface area contributed by atoms with Gasteiger partial charge in [0.25, 0.3) is 0 Å². The molecule has 1 atom stereocenters. The second-order valence-electron chi connectivity index (χ2n) is 1.89. The van der Waals surface area contributed by atoms with Gasteiger partial charge in [0.1, 0.15) is 0 Å². The summed E-state index contributed by atoms with van der Waals surface area (Å²) in [6.07, 6.45) is 0. The Morgan fingerprint density at radius 1 is 1.45 bits per heavy atom. The largest absolute Gasteiger partial charge is 0.351 e. The van der Waals surface area contributed by atoms with Crippen LogP contribution >= 0.6 is 10.7 Å². The molecule has 0 aromatic heterocycles. The van der Waals surface area contributed by atoms with Crippen LogP contribution in [0, 0.1) is 5.82 Å². The van der Waals surface area contributed by atoms with Gasteiger partial charge in [-0.2, -0.15) is 4.55 Å². The Morgan fingerprint density at radius 2 is 2.00 bits per heavy atom. The number of benzene rings is 1. The lowest BCUT2D eigenvalue weighted by atomic mass is 10.4. The van der Waals surface area contributed by atoms with Crippen molar-refractivity contribution in [3.8, 4) is 0 Å². The van der Waals surface area contributed by atoms with Crippen LogP contribution in [-0.2, 0) is 13.6 Å². The van der Waals surface area contributed by atoms with Crippen molar-refractivity contribution in [1.29, 1.82) is 0 Å². The van der Waals surface area contributed by atoms with Crippen molar-refractivity contribution in [3.63, 3.8) is 0 Å². The summed E-state index contributed by atoms with van der Waals surface area (Å²) in [7, 11) is 1.32. The topological polar surface area (TPSA) is 37.3 Å². The number of halogens is 2. The van der Waals surface area contributed by atoms with Crippen LogP contribution in [0.1, 0.15) is 0 Å². The van der Waals surface area contributed by atoms with Crippen LogP contribution in [0.5, 0.6) is 0 Å². The van der Waals surface area contributed by atoms with Gasteiger partial charge in [0.15, 0.2) is 5.82 Å². The average molecular weight is 196 g/mol. The van der Waals surface area contributed by atoms with Crippen molar-refractivity contribution in [2.45, 2.75) is 4.90 Å². The molecule has 1 aromatic carbocycles. The summed E-state index contributed by atoms with van der Waals surface area (Å²) in [6, 6.07) is 5.11. The van der Waals surface area contributed by atoms with Gasteiger partial charge in [-0.25, -0.2) is 4.39 Å². The van der Waals surface area contributed by atoms with Gasteiger partial charge in [-0.15, -0.1) is 0 Å². The van der Waals surface area contributed by atoms with E-state index < -0.39 is 15.2 Å². The van der Waals surface area contributed by atoms with Gasteiger partial charge in [0.2, 0.25) is 15.6 Å². The van der Waals surface area contributed by atoms with Crippen LogP contribution in [0.2, 0.25) is 0 Å². The first-order chi connectivity index (χ1) is 5.02. The predicted octanol–water partition coefficient (Wildman–Crippen LogP) is 2.31. The Kier molecular flexibility index (Phi) is 2.27. The van der Waals surface area contributed by atoms with E-state index >= 15 is 0 Å². The highest BCUT2D eigenvalue weighted by molar-refractivity contribution is 8.19. The van der Waals surface area contributed by atoms with Gasteiger partial charge in [0.05, 0.1) is 0 Å². The predicted molar refractivity (Wildman–Crippen MR) is 41.2 cm³/mol. The van der Waals surface area contributed by atoms with E-state index in [1.165, 1.54) is 18.2 Å². The van der Waals surface area contributed by atoms with Crippen LogP contribution in [0.15, 0.2) is 29.2 Å². The van der Waals surface area contributed by atoms with E-state index in [0.717, 1.165) is 6.07 Å². The van der Waals surface area contributed by atoms with E-state index in [4.69, 9.17) is 15.2 Å². The molecule has 0 aliphatic heterocycles. The van der Waals surface area contributed by atoms with Crippen molar-refractivity contribution in [2.24, 2.45) is 0 Å². The highest BCUT2D eigenvalue weighted by Crippen LogP contribution is 2.22. The zero-order chi connectivity index (χ0) is 8.48. The fourth-order valence-corrected chi connectivity index (χ4v) is 1.58. The molecule has 11 heavy (non-hydrogen) atoms. The quantitative estimate of drug-likeness (QED) is 0.552. The Hall–Kier alpha value is -0.450. The number of hydrogen-bond acceptors (Lipinski definition) is 1. The summed E-state index contributed by atoms with van der Waals surface area (Å²) < 4.78 is 32.1. The third kappa shape index (κ3) is 1.99. The van der Waals surface area contributed by atoms with Gasteiger partial charge < -0.3 is 0 Å². The van der Waals surface area contributed by atoms with E-state index in [0.29, 0.717) is 0 Å². The molecule has 0 heterocycles. The fourth-order valence-electron chi connectivity index (χ4n) is 0.649. The fraction of sp³-hybridized carbons (Fsp3) is 0. The van der Waals surface area contributed by atoms with Gasteiger partial charge >= 0.3 is 9.43 Å². The maximum absolute atomic E-state index is 12.7. The lowest BCUT2D eigenvalue weighted by Gasteiger charge is -1.93. The molecular formula is C6H5ClFO2S+. The molecule has 0 saturated carbocycles. The van der Waals surface area contributed by atoms with Crippen molar-refractivity contribution in [1.82, 2.24) is 0 Å². The van der Waals surface area contributed by atoms with Gasteiger partial charge in [0, 0.05) is 6.07 Å². The highest BCUT2D eigenvalue weighted by atomic mass is 35.7. The molecule has 1 aromatic rings. The molecule has 0 saturated heterocycles. The Balaban J connectivity index is 3.25. The molecule has 1 unspecified atom stereocenters. The first-order valence-electron chi connectivity index (χ1n) is 2.72. The highest BCUT2D eigenvalue weighted by Gasteiger charge is 2.30. The summed E-state index contributed by atoms with van der Waals surface area (Å²) >= 11 is 0. The zero-order valence-corrected chi connectivity index (χ0v) is 6.90. The van der Waals surface area contributed by atoms with E-state index in [1.807, 2.05) is 0 Å². The third-order valence-electron chi connectivity index (χ3n) is 1.11. The van der Waals surface area contributed by atoms with E-state index in [9.17, 15) is 8.60 Å². The van der Waals surface area contributed by atoms with Crippen molar-refractivity contribution in [3.05, 3.63) is 30.1 Å². The maximum Gasteiger partial charge on any atom is 0.351 e. The molecule has 0 amide bonds. The Bertz CT molecular complexity index is 309. The van der Waals surface area contributed by atoms with Crippen molar-refractivity contribution >= 4 is 20.1 Å². The normalized spacial score (nSPS) is 15.9. The summed E-state index contributed by atoms with van der Waals surface area (Å²) in [5.41, 5.74) is 0. The molecule has 0 spiro atoms. The second-order valence-corrected chi connectivity index (χ2v) is 4.50. The molecule has 1 rings (SSSR count). The van der Waals surface area contributed by atoms with E-state index in [-0.39, 0.29) is 4.90 Å². The first-order valence-corrected chi connectivity index (χ1v) is 5.07. The summed E-state index contributed by atoms with van der Waals surface area (Å²) in [6.45, 7) is 0. The summed E-state index contributed by atoms with van der Waals surface area (Å²) in [4.78, 5) is -0.373. The molecule has 0 bridgehead atoms. The van der Waals surface area contributed by atoms with Gasteiger partial charge in [-0.05, 0) is 10.3 Å². The zero-order valence-electron chi connectivity index (χ0n) is 5.33. The number of rotatable bonds is 1. The first kappa shape index (κ1) is 8.64. The van der Waals surface area contributed by atoms with Crippen LogP contribution < -0.4 is 0 Å². The monoisotopic (exact) mass is 195 g/mol. The van der Waals surface area contributed by atoms with Gasteiger partial charge in [-0.3, -0.25) is 0 Å². The van der Waals surface area contributed by atoms with Crippen LogP contribution in [0.25, 0.3) is 0 Å². The molecule has 0 radical (unpaired) electrons. The van der Waals surface area contributed by atoms with Crippen LogP contribution in [0.3, 0.4) is 0 Å². The van der Waals surface area contributed by atoms with Crippen molar-refractivity contribution in [2.75, 3.05) is 0 Å². The molecule has 5 heteroatoms. The molecule has 0 fully saturated rings. The smallest absolute Gasteiger partial charge is 0.201 e. The summed E-state index contributed by atoms with van der Waals surface area (Å²) in [5.74, 6) is -0.769. The lowest BCUT2D eigenvalue weighted by Crippen LogP contribution is -2.01. The SMILES string of the molecule is O=[S+](O)(Cl)c1ccccc1F. The van der Waals surface area contributed by atoms with Crippen LogP contribution in [0.4, 0.5) is 4.39 Å². The molecule has 0 aliphatic carbocycles. The minimum absolute atomic E-state index is 0.373. The van der Waals surface area contributed by atoms with Crippen LogP contribution in [-0.4, -0.2) is 4.55 Å². The molecule has 60 valence electrons. The maximum atomic E-state index is 12.7. The van der Waals surface area contributed by atoms with Gasteiger partial charge in [-0.1, -0.05) is 12.1 Å². The third-order valence-corrected chi connectivity index (χ3v) is 2.48. The molecular weight excluding hydrogens is 191 g/mol. The Labute approximate surface area is 68.7 Å². The summed E-state index contributed by atoms with van der Waals surface area (Å²) in [5, 5.41) is 0.